The zero-order valence-corrected chi connectivity index (χ0v) is 13.1. The number of hydrogen-bond acceptors (Lipinski definition) is 4. The number of sulfonamides is 1. The van der Waals surface area contributed by atoms with Crippen LogP contribution >= 0.6 is 23.4 Å². The lowest BCUT2D eigenvalue weighted by molar-refractivity contribution is 0.517. The Morgan fingerprint density at radius 2 is 2.05 bits per heavy atom. The van der Waals surface area contributed by atoms with Crippen molar-refractivity contribution in [1.29, 1.82) is 0 Å². The van der Waals surface area contributed by atoms with Gasteiger partial charge in [-0.15, -0.1) is 0 Å². The molecule has 0 spiro atoms. The Labute approximate surface area is 127 Å². The highest BCUT2D eigenvalue weighted by molar-refractivity contribution is 7.99. The van der Waals surface area contributed by atoms with Crippen LogP contribution in [0.25, 0.3) is 0 Å². The fourth-order valence-electron chi connectivity index (χ4n) is 2.06. The Balaban J connectivity index is 2.31. The van der Waals surface area contributed by atoms with E-state index in [0.29, 0.717) is 0 Å². The molecular weight excluding hydrogens is 323 g/mol. The molecule has 1 aliphatic rings. The maximum atomic E-state index is 14.1. The lowest BCUT2D eigenvalue weighted by Crippen LogP contribution is -2.37. The Kier molecular flexibility index (Phi) is 5.30. The Bertz CT molecular complexity index is 589. The Morgan fingerprint density at radius 1 is 1.40 bits per heavy atom. The molecule has 0 bridgehead atoms. The number of thioether (sulfide) groups is 1. The average Bonchev–Trinajstić information content (AvgIpc) is 2.41. The van der Waals surface area contributed by atoms with Crippen LogP contribution in [-0.2, 0) is 16.6 Å². The molecule has 8 heteroatoms. The van der Waals surface area contributed by atoms with Crippen LogP contribution in [0.1, 0.15) is 18.4 Å². The molecular formula is C12H16ClFN2O2S2. The first-order valence-corrected chi connectivity index (χ1v) is 9.23. The van der Waals surface area contributed by atoms with Crippen molar-refractivity contribution in [2.45, 2.75) is 30.3 Å². The second-order valence-electron chi connectivity index (χ2n) is 4.59. The first kappa shape index (κ1) is 16.0. The van der Waals surface area contributed by atoms with Gasteiger partial charge in [0.1, 0.15) is 10.7 Å². The van der Waals surface area contributed by atoms with E-state index in [1.54, 1.807) is 11.8 Å². The number of halogens is 2. The van der Waals surface area contributed by atoms with Crippen LogP contribution < -0.4 is 10.5 Å². The number of nitrogens with one attached hydrogen (secondary N) is 1. The molecule has 1 fully saturated rings. The van der Waals surface area contributed by atoms with Gasteiger partial charge in [0.15, 0.2) is 0 Å². The van der Waals surface area contributed by atoms with Gasteiger partial charge in [-0.1, -0.05) is 11.6 Å². The van der Waals surface area contributed by atoms with Gasteiger partial charge >= 0.3 is 0 Å². The summed E-state index contributed by atoms with van der Waals surface area (Å²) >= 11 is 7.62. The van der Waals surface area contributed by atoms with Crippen molar-refractivity contribution in [3.8, 4) is 0 Å². The lowest BCUT2D eigenvalue weighted by Gasteiger charge is -2.22. The van der Waals surface area contributed by atoms with Crippen molar-refractivity contribution in [3.63, 3.8) is 0 Å². The van der Waals surface area contributed by atoms with E-state index in [9.17, 15) is 12.8 Å². The monoisotopic (exact) mass is 338 g/mol. The Morgan fingerprint density at radius 3 is 2.65 bits per heavy atom. The molecule has 0 amide bonds. The minimum Gasteiger partial charge on any atom is -0.326 e. The van der Waals surface area contributed by atoms with E-state index in [4.69, 9.17) is 17.3 Å². The molecule has 0 aromatic heterocycles. The summed E-state index contributed by atoms with van der Waals surface area (Å²) in [5, 5.41) is 0.159. The molecule has 0 radical (unpaired) electrons. The van der Waals surface area contributed by atoms with Gasteiger partial charge < -0.3 is 5.73 Å². The highest BCUT2D eigenvalue weighted by Gasteiger charge is 2.26. The van der Waals surface area contributed by atoms with Crippen molar-refractivity contribution < 1.29 is 12.8 Å². The van der Waals surface area contributed by atoms with E-state index < -0.39 is 20.7 Å². The van der Waals surface area contributed by atoms with Gasteiger partial charge in [0.2, 0.25) is 10.0 Å². The van der Waals surface area contributed by atoms with E-state index in [2.05, 4.69) is 4.72 Å². The van der Waals surface area contributed by atoms with Gasteiger partial charge in [0.25, 0.3) is 0 Å². The van der Waals surface area contributed by atoms with E-state index >= 15 is 0 Å². The molecule has 1 heterocycles. The summed E-state index contributed by atoms with van der Waals surface area (Å²) in [6.07, 6.45) is 1.49. The third-order valence-corrected chi connectivity index (χ3v) is 5.92. The van der Waals surface area contributed by atoms with Crippen LogP contribution in [0.4, 0.5) is 4.39 Å². The second-order valence-corrected chi connectivity index (χ2v) is 7.93. The van der Waals surface area contributed by atoms with Gasteiger partial charge in [0.05, 0.1) is 0 Å². The molecule has 0 aliphatic carbocycles. The third kappa shape index (κ3) is 3.65. The highest BCUT2D eigenvalue weighted by Crippen LogP contribution is 2.25. The zero-order valence-electron chi connectivity index (χ0n) is 10.7. The quantitative estimate of drug-likeness (QED) is 0.882. The van der Waals surface area contributed by atoms with Crippen molar-refractivity contribution in [3.05, 3.63) is 28.5 Å². The fourth-order valence-corrected chi connectivity index (χ4v) is 4.92. The SMILES string of the molecule is NCc1cc(Cl)cc(S(=O)(=O)NC2CCSCC2)c1F. The zero-order chi connectivity index (χ0) is 14.8. The molecule has 0 atom stereocenters. The summed E-state index contributed by atoms with van der Waals surface area (Å²) in [6.45, 7) is -0.102. The van der Waals surface area contributed by atoms with Crippen LogP contribution in [0, 0.1) is 5.82 Å². The van der Waals surface area contributed by atoms with Crippen molar-refractivity contribution >= 4 is 33.4 Å². The predicted molar refractivity (Wildman–Crippen MR) is 80.0 cm³/mol. The second kappa shape index (κ2) is 6.62. The van der Waals surface area contributed by atoms with Crippen LogP contribution in [0.2, 0.25) is 5.02 Å². The molecule has 4 nitrogen and oxygen atoms in total. The summed E-state index contributed by atoms with van der Waals surface area (Å²) in [6, 6.07) is 2.31. The molecule has 1 saturated heterocycles. The van der Waals surface area contributed by atoms with E-state index in [1.165, 1.54) is 6.07 Å². The number of benzene rings is 1. The molecule has 0 saturated carbocycles. The number of nitrogens with two attached hydrogens (primary N) is 1. The average molecular weight is 339 g/mol. The lowest BCUT2D eigenvalue weighted by atomic mass is 10.2. The van der Waals surface area contributed by atoms with Crippen LogP contribution in [0.15, 0.2) is 17.0 Å². The highest BCUT2D eigenvalue weighted by atomic mass is 35.5. The van der Waals surface area contributed by atoms with Crippen molar-refractivity contribution in [2.75, 3.05) is 11.5 Å². The molecule has 1 aliphatic heterocycles. The maximum Gasteiger partial charge on any atom is 0.243 e. The Hall–Kier alpha value is -0.340. The number of rotatable bonds is 4. The van der Waals surface area contributed by atoms with Crippen LogP contribution in [0.5, 0.6) is 0 Å². The minimum atomic E-state index is -3.92. The standard InChI is InChI=1S/C12H16ClFN2O2S2/c13-9-5-8(7-15)12(14)11(6-9)20(17,18)16-10-1-3-19-4-2-10/h5-6,10,16H,1-4,7,15H2. The smallest absolute Gasteiger partial charge is 0.243 e. The predicted octanol–water partition coefficient (Wildman–Crippen LogP) is 2.11. The van der Waals surface area contributed by atoms with E-state index in [0.717, 1.165) is 30.4 Å². The van der Waals surface area contributed by atoms with Gasteiger partial charge in [-0.2, -0.15) is 11.8 Å². The van der Waals surface area contributed by atoms with E-state index in [1.807, 2.05) is 0 Å². The molecule has 2 rings (SSSR count). The molecule has 3 N–H and O–H groups in total. The fraction of sp³-hybridized carbons (Fsp3) is 0.500. The first-order chi connectivity index (χ1) is 9.44. The summed E-state index contributed by atoms with van der Waals surface area (Å²) in [7, 11) is -3.92. The van der Waals surface area contributed by atoms with Gasteiger partial charge in [0, 0.05) is 23.2 Å². The summed E-state index contributed by atoms with van der Waals surface area (Å²) in [5.74, 6) is 0.980. The molecule has 20 heavy (non-hydrogen) atoms. The normalized spacial score (nSPS) is 17.4. The minimum absolute atomic E-state index is 0.0945. The van der Waals surface area contributed by atoms with Crippen LogP contribution in [-0.4, -0.2) is 26.0 Å². The molecule has 112 valence electrons. The summed E-state index contributed by atoms with van der Waals surface area (Å²) in [5.41, 5.74) is 5.49. The van der Waals surface area contributed by atoms with Gasteiger partial charge in [-0.25, -0.2) is 17.5 Å². The van der Waals surface area contributed by atoms with Gasteiger partial charge in [-0.3, -0.25) is 0 Å². The molecule has 0 unspecified atom stereocenters. The first-order valence-electron chi connectivity index (χ1n) is 6.22. The van der Waals surface area contributed by atoms with Crippen LogP contribution in [0.3, 0.4) is 0 Å². The van der Waals surface area contributed by atoms with E-state index in [-0.39, 0.29) is 23.2 Å². The van der Waals surface area contributed by atoms with Gasteiger partial charge in [-0.05, 0) is 36.5 Å². The molecule has 1 aromatic rings. The largest absolute Gasteiger partial charge is 0.326 e. The van der Waals surface area contributed by atoms with Crippen molar-refractivity contribution in [2.24, 2.45) is 5.73 Å². The maximum absolute atomic E-state index is 14.1. The third-order valence-electron chi connectivity index (χ3n) is 3.13. The summed E-state index contributed by atoms with van der Waals surface area (Å²) in [4.78, 5) is -0.427. The number of hydrogen-bond donors (Lipinski definition) is 2. The molecule has 1 aromatic carbocycles. The topological polar surface area (TPSA) is 72.2 Å². The summed E-state index contributed by atoms with van der Waals surface area (Å²) < 4.78 is 41.3. The van der Waals surface area contributed by atoms with Crippen molar-refractivity contribution in [1.82, 2.24) is 4.72 Å².